The van der Waals surface area contributed by atoms with Gasteiger partial charge >= 0.3 is 12.4 Å². The number of halogens is 11. The van der Waals surface area contributed by atoms with Gasteiger partial charge in [0.2, 0.25) is 0 Å². The molecule has 0 heterocycles. The normalized spacial score (nSPS) is 19.4. The molecule has 2 aromatic carbocycles. The fourth-order valence-corrected chi connectivity index (χ4v) is 4.84. The lowest BCUT2D eigenvalue weighted by molar-refractivity contribution is -0.137. The van der Waals surface area contributed by atoms with Crippen LogP contribution in [0.1, 0.15) is 33.0 Å². The fourth-order valence-electron chi connectivity index (χ4n) is 3.56. The molecule has 3 rings (SSSR count). The number of Topliss-reactive ketones (excluding diaryl/α,β-unsaturated/α-hetero) is 1. The zero-order valence-corrected chi connectivity index (χ0v) is 20.0. The number of hydrogen-bond acceptors (Lipinski definition) is 2. The molecule has 1 aliphatic carbocycles. The molecule has 1 fully saturated rings. The van der Waals surface area contributed by atoms with Crippen LogP contribution in [-0.2, 0) is 17.4 Å². The second-order valence-corrected chi connectivity index (χ2v) is 10.0. The topological polar surface area (TPSA) is 46.2 Å². The smallest absolute Gasteiger partial charge is 0.343 e. The van der Waals surface area contributed by atoms with Gasteiger partial charge in [-0.3, -0.25) is 9.59 Å². The Hall–Kier alpha value is -1.75. The fraction of sp³-hybridized carbons (Fsp3) is 0.333. The molecule has 3 nitrogen and oxygen atoms in total. The zero-order valence-electron chi connectivity index (χ0n) is 16.9. The van der Waals surface area contributed by atoms with Crippen molar-refractivity contribution in [2.75, 3.05) is 6.54 Å². The summed E-state index contributed by atoms with van der Waals surface area (Å²) in [6, 6.07) is 4.43. The van der Waals surface area contributed by atoms with E-state index in [2.05, 4.69) is 0 Å². The van der Waals surface area contributed by atoms with Gasteiger partial charge in [-0.1, -0.05) is 29.3 Å². The van der Waals surface area contributed by atoms with Gasteiger partial charge in [-0.05, 0) is 35.4 Å². The predicted octanol–water partition coefficient (Wildman–Crippen LogP) is 7.14. The first-order valence-electron chi connectivity index (χ1n) is 9.53. The van der Waals surface area contributed by atoms with Crippen molar-refractivity contribution in [1.82, 2.24) is 5.32 Å². The number of carbonyl (C=O) groups excluding carboxylic acids is 2. The summed E-state index contributed by atoms with van der Waals surface area (Å²) < 4.78 is 89.1. The van der Waals surface area contributed by atoms with Crippen molar-refractivity contribution in [3.8, 4) is 0 Å². The van der Waals surface area contributed by atoms with Crippen molar-refractivity contribution < 1.29 is 40.3 Å². The first kappa shape index (κ1) is 27.8. The Morgan fingerprint density at radius 1 is 0.971 bits per heavy atom. The van der Waals surface area contributed by atoms with E-state index < -0.39 is 75.1 Å². The maximum absolute atomic E-state index is 14.5. The summed E-state index contributed by atoms with van der Waals surface area (Å²) in [4.78, 5) is 24.9. The third kappa shape index (κ3) is 6.15. The van der Waals surface area contributed by atoms with E-state index in [0.29, 0.717) is 12.1 Å². The van der Waals surface area contributed by atoms with E-state index in [9.17, 15) is 40.3 Å². The Labute approximate surface area is 213 Å². The molecular weight excluding hydrogens is 573 g/mol. The number of rotatable bonds is 6. The van der Waals surface area contributed by atoms with Crippen molar-refractivity contribution in [3.63, 3.8) is 0 Å². The van der Waals surface area contributed by atoms with Gasteiger partial charge in [0.1, 0.15) is 22.5 Å². The highest BCUT2D eigenvalue weighted by Crippen LogP contribution is 2.66. The van der Waals surface area contributed by atoms with E-state index >= 15 is 0 Å². The summed E-state index contributed by atoms with van der Waals surface area (Å²) in [6.45, 7) is -1.61. The van der Waals surface area contributed by atoms with Crippen LogP contribution in [0.2, 0.25) is 10.0 Å². The van der Waals surface area contributed by atoms with E-state index in [1.54, 1.807) is 5.32 Å². The summed E-state index contributed by atoms with van der Waals surface area (Å²) in [7, 11) is 0. The Morgan fingerprint density at radius 3 is 2.17 bits per heavy atom. The minimum atomic E-state index is -4.85. The third-order valence-corrected chi connectivity index (χ3v) is 6.77. The van der Waals surface area contributed by atoms with Crippen molar-refractivity contribution in [2.24, 2.45) is 5.92 Å². The minimum Gasteiger partial charge on any atom is -0.343 e. The molecule has 2 unspecified atom stereocenters. The summed E-state index contributed by atoms with van der Waals surface area (Å²) in [5.74, 6) is -5.73. The minimum absolute atomic E-state index is 0.133. The Balaban J connectivity index is 1.83. The molecule has 0 saturated heterocycles. The van der Waals surface area contributed by atoms with E-state index in [0.717, 1.165) is 6.07 Å². The molecule has 1 N–H and O–H groups in total. The van der Waals surface area contributed by atoms with Crippen molar-refractivity contribution in [2.45, 2.75) is 29.0 Å². The van der Waals surface area contributed by atoms with E-state index in [-0.39, 0.29) is 16.1 Å². The highest BCUT2D eigenvalue weighted by atomic mass is 35.5. The number of alkyl halides is 8. The van der Waals surface area contributed by atoms with E-state index in [1.807, 2.05) is 0 Å². The monoisotopic (exact) mass is 583 g/mol. The van der Waals surface area contributed by atoms with Gasteiger partial charge in [-0.2, -0.15) is 26.3 Å². The molecule has 0 bridgehead atoms. The Morgan fingerprint density at radius 2 is 1.60 bits per heavy atom. The molecular formula is C21H12Cl4F7NO2. The van der Waals surface area contributed by atoms with Gasteiger partial charge in [0, 0.05) is 12.3 Å². The van der Waals surface area contributed by atoms with Crippen molar-refractivity contribution >= 4 is 58.1 Å². The Kier molecular flexibility index (Phi) is 7.64. The van der Waals surface area contributed by atoms with Crippen LogP contribution in [0.25, 0.3) is 0 Å². The first-order valence-corrected chi connectivity index (χ1v) is 11.0. The molecule has 0 spiro atoms. The van der Waals surface area contributed by atoms with Gasteiger partial charge in [-0.15, -0.1) is 23.2 Å². The number of carbonyl (C=O) groups is 2. The van der Waals surface area contributed by atoms with Crippen LogP contribution in [0.5, 0.6) is 0 Å². The molecule has 0 radical (unpaired) electrons. The lowest BCUT2D eigenvalue weighted by Gasteiger charge is -2.12. The average Bonchev–Trinajstić information content (AvgIpc) is 3.29. The number of ketones is 1. The molecule has 14 heteroatoms. The molecule has 0 aliphatic heterocycles. The molecule has 0 aromatic heterocycles. The van der Waals surface area contributed by atoms with E-state index in [1.165, 1.54) is 12.1 Å². The SMILES string of the molecule is O=C(NCC(F)(F)F)c1cc(CC(=O)C2C(c3cc(C(F)(F)F)cc(Cl)c3F)C2(Cl)Cl)ccc1Cl. The zero-order chi connectivity index (χ0) is 26.5. The van der Waals surface area contributed by atoms with Crippen LogP contribution in [0.3, 0.4) is 0 Å². The molecule has 35 heavy (non-hydrogen) atoms. The summed E-state index contributed by atoms with van der Waals surface area (Å²) in [5.41, 5.74) is -2.05. The highest BCUT2D eigenvalue weighted by molar-refractivity contribution is 6.53. The molecule has 1 saturated carbocycles. The molecule has 2 aromatic rings. The first-order chi connectivity index (χ1) is 15.9. The van der Waals surface area contributed by atoms with Gasteiger partial charge in [0.05, 0.1) is 27.1 Å². The largest absolute Gasteiger partial charge is 0.416 e. The quantitative estimate of drug-likeness (QED) is 0.290. The summed E-state index contributed by atoms with van der Waals surface area (Å²) in [5, 5.41) is 0.630. The molecule has 1 aliphatic rings. The van der Waals surface area contributed by atoms with Crippen LogP contribution in [0.4, 0.5) is 30.7 Å². The maximum Gasteiger partial charge on any atom is 0.416 e. The molecule has 2 atom stereocenters. The van der Waals surface area contributed by atoms with Gasteiger partial charge in [-0.25, -0.2) is 4.39 Å². The molecule has 190 valence electrons. The maximum atomic E-state index is 14.5. The number of benzene rings is 2. The second-order valence-electron chi connectivity index (χ2n) is 7.74. The van der Waals surface area contributed by atoms with Crippen LogP contribution in [0.15, 0.2) is 30.3 Å². The van der Waals surface area contributed by atoms with E-state index in [4.69, 9.17) is 46.4 Å². The number of nitrogens with one attached hydrogen (secondary N) is 1. The number of hydrogen-bond donors (Lipinski definition) is 1. The van der Waals surface area contributed by atoms with Crippen LogP contribution < -0.4 is 5.32 Å². The van der Waals surface area contributed by atoms with Crippen molar-refractivity contribution in [1.29, 1.82) is 0 Å². The van der Waals surface area contributed by atoms with Crippen LogP contribution in [0, 0.1) is 11.7 Å². The van der Waals surface area contributed by atoms with Crippen molar-refractivity contribution in [3.05, 3.63) is 68.4 Å². The Bertz CT molecular complexity index is 1180. The third-order valence-electron chi connectivity index (χ3n) is 5.22. The van der Waals surface area contributed by atoms with Gasteiger partial charge in [0.15, 0.2) is 0 Å². The summed E-state index contributed by atoms with van der Waals surface area (Å²) in [6.07, 6.45) is -9.98. The summed E-state index contributed by atoms with van der Waals surface area (Å²) >= 11 is 23.7. The van der Waals surface area contributed by atoms with Crippen LogP contribution in [-0.4, -0.2) is 28.7 Å². The highest BCUT2D eigenvalue weighted by Gasteiger charge is 2.67. The predicted molar refractivity (Wildman–Crippen MR) is 116 cm³/mol. The van der Waals surface area contributed by atoms with Gasteiger partial charge < -0.3 is 5.32 Å². The average molecular weight is 585 g/mol. The van der Waals surface area contributed by atoms with Gasteiger partial charge in [0.25, 0.3) is 5.91 Å². The lowest BCUT2D eigenvalue weighted by atomic mass is 9.99. The lowest BCUT2D eigenvalue weighted by Crippen LogP contribution is -2.33. The molecule has 1 amide bonds. The standard InChI is InChI=1S/C21H12Cl4F7NO2/c22-12-2-1-8(3-10(12)18(35)33-7-19(27,28)29)4-14(34)16-15(20(16,24)25)11-5-9(21(30,31)32)6-13(23)17(11)26/h1-3,5-6,15-16H,4,7H2,(H,33,35). The van der Waals surface area contributed by atoms with Crippen LogP contribution >= 0.6 is 46.4 Å². The second kappa shape index (κ2) is 9.61. The number of amides is 1.